The van der Waals surface area contributed by atoms with E-state index in [1.165, 1.54) is 309 Å². The topological polar surface area (TPSA) is 6.48 Å². The van der Waals surface area contributed by atoms with Crippen molar-refractivity contribution in [1.29, 1.82) is 0 Å². The summed E-state index contributed by atoms with van der Waals surface area (Å²) in [6, 6.07) is 59.1. The summed E-state index contributed by atoms with van der Waals surface area (Å²) in [6.45, 7) is 23.1. The van der Waals surface area contributed by atoms with Crippen LogP contribution in [0.5, 0.6) is 0 Å². The monoisotopic (exact) mass is 1310 g/mol. The highest BCUT2D eigenvalue weighted by atomic mass is 15.1. The minimum atomic E-state index is -0.0195. The molecule has 0 aromatic heterocycles. The van der Waals surface area contributed by atoms with E-state index in [4.69, 9.17) is 0 Å². The van der Waals surface area contributed by atoms with Gasteiger partial charge in [-0.1, -0.05) is 357 Å². The Morgan fingerprint density at radius 1 is 0.245 bits per heavy atom. The molecule has 0 N–H and O–H groups in total. The lowest BCUT2D eigenvalue weighted by Gasteiger charge is -2.33. The lowest BCUT2D eigenvalue weighted by atomic mass is 9.70. The first-order valence-corrected chi connectivity index (χ1v) is 41.0. The Kier molecular flexibility index (Phi) is 31.5. The number of rotatable bonds is 48. The molecule has 0 saturated heterocycles. The predicted molar refractivity (Wildman–Crippen MR) is 437 cm³/mol. The van der Waals surface area contributed by atoms with Gasteiger partial charge < -0.3 is 9.80 Å². The average molecular weight is 1310 g/mol. The van der Waals surface area contributed by atoms with Crippen molar-refractivity contribution in [2.45, 2.75) is 297 Å². The molecule has 9 rings (SSSR count). The number of anilines is 2. The van der Waals surface area contributed by atoms with Crippen LogP contribution in [0.4, 0.5) is 11.4 Å². The van der Waals surface area contributed by atoms with Gasteiger partial charge in [0.1, 0.15) is 0 Å². The summed E-state index contributed by atoms with van der Waals surface area (Å²) in [5.74, 6) is 0. The quantitative estimate of drug-likeness (QED) is 0.0277. The molecule has 0 spiro atoms. The smallest absolute Gasteiger partial charge is 0.0366 e. The Labute approximate surface area is 600 Å². The van der Waals surface area contributed by atoms with Gasteiger partial charge in [-0.05, 0) is 189 Å². The average Bonchev–Trinajstić information content (AvgIpc) is 1.56. The molecule has 0 fully saturated rings. The van der Waals surface area contributed by atoms with Gasteiger partial charge in [0.2, 0.25) is 0 Å². The first-order chi connectivity index (χ1) is 48.3. The molecule has 0 bridgehead atoms. The van der Waals surface area contributed by atoms with Gasteiger partial charge in [-0.25, -0.2) is 0 Å². The Hall–Kier alpha value is -6.38. The molecular weight excluding hydrogens is 1180 g/mol. The zero-order chi connectivity index (χ0) is 68.6. The van der Waals surface area contributed by atoms with Gasteiger partial charge in [-0.2, -0.15) is 0 Å². The minimum Gasteiger partial charge on any atom is -0.372 e. The second-order valence-electron chi connectivity index (χ2n) is 30.1. The molecule has 526 valence electrons. The molecule has 0 aliphatic heterocycles. The fourth-order valence-corrected chi connectivity index (χ4v) is 16.9. The van der Waals surface area contributed by atoms with E-state index in [2.05, 4.69) is 235 Å². The first kappa shape index (κ1) is 75.8. The summed E-state index contributed by atoms with van der Waals surface area (Å²) in [5, 5.41) is 0. The third kappa shape index (κ3) is 20.0. The van der Waals surface area contributed by atoms with Crippen LogP contribution in [0.15, 0.2) is 146 Å². The highest BCUT2D eigenvalue weighted by molar-refractivity contribution is 5.93. The Bertz CT molecular complexity index is 3220. The van der Waals surface area contributed by atoms with E-state index >= 15 is 0 Å². The minimum absolute atomic E-state index is 0.0195. The van der Waals surface area contributed by atoms with Crippen LogP contribution in [0.2, 0.25) is 0 Å². The Morgan fingerprint density at radius 3 is 0.847 bits per heavy atom. The Morgan fingerprint density at radius 2 is 0.531 bits per heavy atom. The van der Waals surface area contributed by atoms with Crippen molar-refractivity contribution in [3.8, 4) is 44.5 Å². The summed E-state index contributed by atoms with van der Waals surface area (Å²) in [4.78, 5) is 5.24. The van der Waals surface area contributed by atoms with Gasteiger partial charge in [-0.15, -0.1) is 0 Å². The van der Waals surface area contributed by atoms with Crippen molar-refractivity contribution in [1.82, 2.24) is 0 Å². The van der Waals surface area contributed by atoms with E-state index in [9.17, 15) is 0 Å². The molecule has 0 unspecified atom stereocenters. The molecule has 98 heavy (non-hydrogen) atoms. The number of hydrogen-bond donors (Lipinski definition) is 0. The van der Waals surface area contributed by atoms with E-state index in [0.29, 0.717) is 0 Å². The van der Waals surface area contributed by atoms with Crippen molar-refractivity contribution < 1.29 is 0 Å². The molecule has 7 aromatic carbocycles. The number of nitrogens with zero attached hydrogens (tertiary/aromatic N) is 2. The predicted octanol–water partition coefficient (Wildman–Crippen LogP) is 29.7. The van der Waals surface area contributed by atoms with E-state index < -0.39 is 0 Å². The van der Waals surface area contributed by atoms with Crippen LogP contribution in [0.25, 0.3) is 68.8 Å². The van der Waals surface area contributed by atoms with Gasteiger partial charge in [-0.3, -0.25) is 0 Å². The van der Waals surface area contributed by atoms with Crippen LogP contribution >= 0.6 is 0 Å². The maximum absolute atomic E-state index is 2.71. The summed E-state index contributed by atoms with van der Waals surface area (Å²) < 4.78 is 0. The fraction of sp³-hybridized carbons (Fsp3) is 0.521. The van der Waals surface area contributed by atoms with Gasteiger partial charge in [0.05, 0.1) is 0 Å². The molecule has 2 aliphatic carbocycles. The molecule has 0 radical (unpaired) electrons. The van der Waals surface area contributed by atoms with Crippen LogP contribution in [-0.2, 0) is 10.8 Å². The fourth-order valence-electron chi connectivity index (χ4n) is 16.9. The van der Waals surface area contributed by atoms with Crippen LogP contribution in [-0.4, -0.2) is 26.2 Å². The van der Waals surface area contributed by atoms with Gasteiger partial charge in [0.25, 0.3) is 0 Å². The largest absolute Gasteiger partial charge is 0.372 e. The highest BCUT2D eigenvalue weighted by Gasteiger charge is 2.44. The SMILES string of the molecule is CCCCCCCCC1(CCCCCCCC)c2ccccc2-c2ccc(-c3cc(/C=C/c4ccc(N(CCCC)CCCC)cc4)c(-c4ccc5c(c4)C(CCCCCCCC)(CCCCCCCC)c4ccccc4-5)cc3/C=C/c3ccc(N(CCCC)CCCC)cc3)cc21. The van der Waals surface area contributed by atoms with E-state index in [-0.39, 0.29) is 10.8 Å². The molecule has 2 nitrogen and oxygen atoms in total. The molecular formula is C96H132N2. The van der Waals surface area contributed by atoms with Crippen LogP contribution in [0, 0.1) is 0 Å². The zero-order valence-corrected chi connectivity index (χ0v) is 63.3. The number of benzene rings is 7. The maximum Gasteiger partial charge on any atom is 0.0366 e. The molecule has 0 amide bonds. The highest BCUT2D eigenvalue weighted by Crippen LogP contribution is 2.57. The standard InChI is InChI=1S/C96H132N2/c1-9-17-25-29-33-41-65-95(66-42-34-30-26-18-10-2)91-47-39-37-45-85(91)87-63-57-81(75-93(87)95)89-73-80(56-50-78-53-61-84(62-54-78)98(71-23-15-7)72-24-16-8)90(74-79(89)55-49-77-51-59-83(60-52-77)97(69-21-13-5)70-22-14-6)82-58-64-88-86-46-38-40-48-92(86)96(94(88)76-82,67-43-35-31-27-19-11-3)68-44-36-32-28-20-12-4/h37-40,45-64,73-76H,9-36,41-44,65-72H2,1-8H3/b55-49+,56-50+. The van der Waals surface area contributed by atoms with Gasteiger partial charge in [0, 0.05) is 48.4 Å². The first-order valence-electron chi connectivity index (χ1n) is 41.0. The Balaban J connectivity index is 1.25. The third-order valence-electron chi connectivity index (χ3n) is 22.8. The number of unbranched alkanes of at least 4 members (excludes halogenated alkanes) is 24. The molecule has 0 saturated carbocycles. The van der Waals surface area contributed by atoms with E-state index in [0.717, 1.165) is 26.2 Å². The lowest BCUT2D eigenvalue weighted by Crippen LogP contribution is -2.25. The molecule has 2 aliphatic rings. The van der Waals surface area contributed by atoms with Crippen molar-refractivity contribution in [2.24, 2.45) is 0 Å². The van der Waals surface area contributed by atoms with Gasteiger partial charge >= 0.3 is 0 Å². The van der Waals surface area contributed by atoms with Gasteiger partial charge in [0.15, 0.2) is 0 Å². The maximum atomic E-state index is 2.71. The van der Waals surface area contributed by atoms with Crippen LogP contribution < -0.4 is 9.80 Å². The van der Waals surface area contributed by atoms with E-state index in [1.807, 2.05) is 0 Å². The normalized spacial score (nSPS) is 13.4. The van der Waals surface area contributed by atoms with E-state index in [1.54, 1.807) is 22.3 Å². The molecule has 0 atom stereocenters. The zero-order valence-electron chi connectivity index (χ0n) is 63.3. The molecule has 2 heteroatoms. The summed E-state index contributed by atoms with van der Waals surface area (Å²) in [6.07, 6.45) is 55.9. The molecule has 0 heterocycles. The van der Waals surface area contributed by atoms with Crippen molar-refractivity contribution in [3.05, 3.63) is 190 Å². The van der Waals surface area contributed by atoms with Crippen LogP contribution in [0.1, 0.15) is 331 Å². The second kappa shape index (κ2) is 40.8. The van der Waals surface area contributed by atoms with Crippen LogP contribution in [0.3, 0.4) is 0 Å². The van der Waals surface area contributed by atoms with Crippen molar-refractivity contribution in [3.63, 3.8) is 0 Å². The number of hydrogen-bond acceptors (Lipinski definition) is 2. The van der Waals surface area contributed by atoms with Crippen molar-refractivity contribution >= 4 is 35.7 Å². The second-order valence-corrected chi connectivity index (χ2v) is 30.1. The van der Waals surface area contributed by atoms with Crippen molar-refractivity contribution in [2.75, 3.05) is 36.0 Å². The summed E-state index contributed by atoms with van der Waals surface area (Å²) >= 11 is 0. The third-order valence-corrected chi connectivity index (χ3v) is 22.8. The summed E-state index contributed by atoms with van der Waals surface area (Å²) in [5.41, 5.74) is 25.1. The molecule has 7 aromatic rings. The number of fused-ring (bicyclic) bond motifs is 6. The summed E-state index contributed by atoms with van der Waals surface area (Å²) in [7, 11) is 0. The lowest BCUT2D eigenvalue weighted by molar-refractivity contribution is 0.398.